The van der Waals surface area contributed by atoms with Crippen LogP contribution >= 0.6 is 0 Å². The minimum atomic E-state index is -3.69. The number of amides is 1. The zero-order chi connectivity index (χ0) is 23.2. The van der Waals surface area contributed by atoms with Gasteiger partial charge in [-0.1, -0.05) is 18.2 Å². The Balaban J connectivity index is 1.27. The third kappa shape index (κ3) is 4.13. The molecule has 2 aromatic rings. The van der Waals surface area contributed by atoms with Crippen molar-refractivity contribution in [3.63, 3.8) is 0 Å². The molecule has 0 radical (unpaired) electrons. The SMILES string of the molecule is COC(=O)c1cccc([C@H]2C[C@H](NC(=O)C3(c4ccc5c(c4)OC(F)(F)O5)CC3)CCO2)c1. The summed E-state index contributed by atoms with van der Waals surface area (Å²) in [7, 11) is 1.33. The van der Waals surface area contributed by atoms with Gasteiger partial charge in [-0.2, -0.15) is 0 Å². The molecule has 0 spiro atoms. The van der Waals surface area contributed by atoms with Crippen molar-refractivity contribution in [2.24, 2.45) is 0 Å². The normalized spacial score (nSPS) is 24.1. The molecule has 174 valence electrons. The molecule has 7 nitrogen and oxygen atoms in total. The van der Waals surface area contributed by atoms with Gasteiger partial charge in [-0.05, 0) is 61.1 Å². The van der Waals surface area contributed by atoms with Crippen LogP contribution in [0.3, 0.4) is 0 Å². The Hall–Kier alpha value is -3.20. The lowest BCUT2D eigenvalue weighted by molar-refractivity contribution is -0.286. The summed E-state index contributed by atoms with van der Waals surface area (Å²) < 4.78 is 46.4. The van der Waals surface area contributed by atoms with E-state index >= 15 is 0 Å². The highest BCUT2D eigenvalue weighted by Gasteiger charge is 2.53. The van der Waals surface area contributed by atoms with Crippen LogP contribution in [0.5, 0.6) is 11.5 Å². The second-order valence-electron chi connectivity index (χ2n) is 8.58. The summed E-state index contributed by atoms with van der Waals surface area (Å²) in [5.74, 6) is -0.661. The molecular formula is C24H23F2NO6. The van der Waals surface area contributed by atoms with Crippen molar-refractivity contribution < 1.29 is 37.3 Å². The Morgan fingerprint density at radius 2 is 1.88 bits per heavy atom. The van der Waals surface area contributed by atoms with Crippen LogP contribution in [0.1, 0.15) is 53.3 Å². The highest BCUT2D eigenvalue weighted by molar-refractivity contribution is 5.92. The minimum absolute atomic E-state index is 0.0404. The van der Waals surface area contributed by atoms with E-state index in [4.69, 9.17) is 9.47 Å². The van der Waals surface area contributed by atoms with E-state index < -0.39 is 17.7 Å². The zero-order valence-corrected chi connectivity index (χ0v) is 17.9. The van der Waals surface area contributed by atoms with Gasteiger partial charge in [0.2, 0.25) is 5.91 Å². The lowest BCUT2D eigenvalue weighted by Crippen LogP contribution is -2.44. The lowest BCUT2D eigenvalue weighted by Gasteiger charge is -2.31. The molecule has 33 heavy (non-hydrogen) atoms. The fourth-order valence-electron chi connectivity index (χ4n) is 4.49. The van der Waals surface area contributed by atoms with E-state index in [-0.39, 0.29) is 29.6 Å². The van der Waals surface area contributed by atoms with Crippen molar-refractivity contribution in [1.29, 1.82) is 0 Å². The maximum atomic E-state index is 13.4. The van der Waals surface area contributed by atoms with E-state index in [1.54, 1.807) is 24.3 Å². The van der Waals surface area contributed by atoms with Gasteiger partial charge in [0.25, 0.3) is 0 Å². The Morgan fingerprint density at radius 3 is 2.64 bits per heavy atom. The van der Waals surface area contributed by atoms with E-state index in [9.17, 15) is 18.4 Å². The summed E-state index contributed by atoms with van der Waals surface area (Å²) in [4.78, 5) is 25.1. The standard InChI is InChI=1S/C24H23F2NO6/c1-30-21(28)15-4-2-3-14(11-15)19-13-17(7-10-31-19)27-22(29)23(8-9-23)16-5-6-18-20(12-16)33-24(25,26)32-18/h2-6,11-12,17,19H,7-10,13H2,1H3,(H,27,29)/t17-,19-/m1/s1. The molecule has 2 aliphatic heterocycles. The predicted octanol–water partition coefficient (Wildman–Crippen LogP) is 3.86. The number of methoxy groups -OCH3 is 1. The van der Waals surface area contributed by atoms with E-state index in [0.29, 0.717) is 43.4 Å². The van der Waals surface area contributed by atoms with Gasteiger partial charge in [0.05, 0.1) is 24.2 Å². The van der Waals surface area contributed by atoms with E-state index in [1.165, 1.54) is 19.2 Å². The number of carbonyl (C=O) groups is 2. The Bertz CT molecular complexity index is 1100. The van der Waals surface area contributed by atoms with Crippen LogP contribution in [0.2, 0.25) is 0 Å². The van der Waals surface area contributed by atoms with Gasteiger partial charge in [-0.15, -0.1) is 8.78 Å². The molecule has 0 aromatic heterocycles. The van der Waals surface area contributed by atoms with Gasteiger partial charge in [-0.25, -0.2) is 4.79 Å². The predicted molar refractivity (Wildman–Crippen MR) is 111 cm³/mol. The number of hydrogen-bond acceptors (Lipinski definition) is 6. The van der Waals surface area contributed by atoms with Crippen molar-refractivity contribution in [2.45, 2.75) is 49.5 Å². The summed E-state index contributed by atoms with van der Waals surface area (Å²) in [6.07, 6.45) is -1.49. The number of hydrogen-bond donors (Lipinski definition) is 1. The average molecular weight is 459 g/mol. The fraction of sp³-hybridized carbons (Fsp3) is 0.417. The molecule has 2 heterocycles. The van der Waals surface area contributed by atoms with Gasteiger partial charge in [-0.3, -0.25) is 4.79 Å². The molecule has 2 aromatic carbocycles. The van der Waals surface area contributed by atoms with Crippen LogP contribution in [-0.4, -0.2) is 37.9 Å². The monoisotopic (exact) mass is 459 g/mol. The number of nitrogens with one attached hydrogen (secondary N) is 1. The number of benzene rings is 2. The first kappa shape index (κ1) is 21.6. The molecule has 1 saturated heterocycles. The number of halogens is 2. The highest BCUT2D eigenvalue weighted by Crippen LogP contribution is 2.52. The van der Waals surface area contributed by atoms with Crippen LogP contribution in [0, 0.1) is 0 Å². The summed E-state index contributed by atoms with van der Waals surface area (Å²) in [6.45, 7) is 0.462. The van der Waals surface area contributed by atoms with Crippen LogP contribution in [0.4, 0.5) is 8.78 Å². The van der Waals surface area contributed by atoms with Crippen LogP contribution in [-0.2, 0) is 19.7 Å². The van der Waals surface area contributed by atoms with Crippen molar-refractivity contribution in [1.82, 2.24) is 5.32 Å². The third-order valence-corrected chi connectivity index (χ3v) is 6.44. The molecule has 1 aliphatic carbocycles. The van der Waals surface area contributed by atoms with Gasteiger partial charge in [0, 0.05) is 12.6 Å². The topological polar surface area (TPSA) is 83.1 Å². The van der Waals surface area contributed by atoms with Gasteiger partial charge < -0.3 is 24.3 Å². The van der Waals surface area contributed by atoms with Crippen molar-refractivity contribution in [3.8, 4) is 11.5 Å². The van der Waals surface area contributed by atoms with Gasteiger partial charge >= 0.3 is 12.3 Å². The van der Waals surface area contributed by atoms with E-state index in [2.05, 4.69) is 14.8 Å². The number of fused-ring (bicyclic) bond motifs is 1. The maximum Gasteiger partial charge on any atom is 0.586 e. The Labute approximate surface area is 189 Å². The second-order valence-corrected chi connectivity index (χ2v) is 8.58. The Kier molecular flexibility index (Phi) is 5.23. The van der Waals surface area contributed by atoms with E-state index in [0.717, 1.165) is 5.56 Å². The number of rotatable bonds is 5. The molecule has 2 atom stereocenters. The summed E-state index contributed by atoms with van der Waals surface area (Å²) in [5, 5.41) is 3.12. The Morgan fingerprint density at radius 1 is 1.09 bits per heavy atom. The van der Waals surface area contributed by atoms with Crippen LogP contribution in [0.15, 0.2) is 42.5 Å². The quantitative estimate of drug-likeness (QED) is 0.684. The average Bonchev–Trinajstić information content (AvgIpc) is 3.56. The number of ether oxygens (including phenoxy) is 4. The molecule has 1 N–H and O–H groups in total. The van der Waals surface area contributed by atoms with E-state index in [1.807, 2.05) is 6.07 Å². The third-order valence-electron chi connectivity index (χ3n) is 6.44. The molecule has 3 aliphatic rings. The fourth-order valence-corrected chi connectivity index (χ4v) is 4.49. The molecule has 5 rings (SSSR count). The first-order valence-corrected chi connectivity index (χ1v) is 10.8. The smallest absolute Gasteiger partial charge is 0.465 e. The van der Waals surface area contributed by atoms with Gasteiger partial charge in [0.15, 0.2) is 11.5 Å². The van der Waals surface area contributed by atoms with Crippen LogP contribution < -0.4 is 14.8 Å². The number of alkyl halides is 2. The first-order valence-electron chi connectivity index (χ1n) is 10.8. The van der Waals surface area contributed by atoms with Crippen molar-refractivity contribution in [3.05, 3.63) is 59.2 Å². The molecule has 0 unspecified atom stereocenters. The highest BCUT2D eigenvalue weighted by atomic mass is 19.3. The zero-order valence-electron chi connectivity index (χ0n) is 17.9. The number of carbonyl (C=O) groups excluding carboxylic acids is 2. The van der Waals surface area contributed by atoms with Crippen molar-refractivity contribution in [2.75, 3.05) is 13.7 Å². The van der Waals surface area contributed by atoms with Crippen LogP contribution in [0.25, 0.3) is 0 Å². The molecular weight excluding hydrogens is 436 g/mol. The molecule has 1 amide bonds. The minimum Gasteiger partial charge on any atom is -0.465 e. The number of esters is 1. The molecule has 2 fully saturated rings. The molecule has 9 heteroatoms. The van der Waals surface area contributed by atoms with Gasteiger partial charge in [0.1, 0.15) is 0 Å². The summed E-state index contributed by atoms with van der Waals surface area (Å²) in [6, 6.07) is 11.5. The lowest BCUT2D eigenvalue weighted by atomic mass is 9.92. The molecule has 0 bridgehead atoms. The largest absolute Gasteiger partial charge is 0.586 e. The van der Waals surface area contributed by atoms with Crippen molar-refractivity contribution >= 4 is 11.9 Å². The first-order chi connectivity index (χ1) is 15.8. The maximum absolute atomic E-state index is 13.4. The summed E-state index contributed by atoms with van der Waals surface area (Å²) in [5.41, 5.74) is 1.16. The second kappa shape index (κ2) is 7.98. The molecule has 1 saturated carbocycles. The summed E-state index contributed by atoms with van der Waals surface area (Å²) >= 11 is 0.